The summed E-state index contributed by atoms with van der Waals surface area (Å²) in [6, 6.07) is 1.09. The Morgan fingerprint density at radius 1 is 0.833 bits per heavy atom. The van der Waals surface area contributed by atoms with E-state index in [9.17, 15) is 35.1 Å². The maximum atomic E-state index is 14.1. The van der Waals surface area contributed by atoms with Gasteiger partial charge in [0, 0.05) is 33.8 Å². The average Bonchev–Trinajstić information content (AvgIpc) is 2.45. The first-order valence-corrected chi connectivity index (χ1v) is 7.84. The van der Waals surface area contributed by atoms with Crippen molar-refractivity contribution in [2.45, 2.75) is 48.4 Å². The van der Waals surface area contributed by atoms with Gasteiger partial charge in [0.05, 0.1) is 0 Å². The van der Waals surface area contributed by atoms with Gasteiger partial charge in [0.2, 0.25) is 0 Å². The highest BCUT2D eigenvalue weighted by Gasteiger charge is 2.80. The number of aryl methyl sites for hydroxylation is 2. The lowest BCUT2D eigenvalue weighted by Crippen LogP contribution is -2.59. The topological polar surface area (TPSA) is 26.0 Å². The Balaban J connectivity index is 3.59. The van der Waals surface area contributed by atoms with E-state index < -0.39 is 27.3 Å². The molecule has 0 fully saturated rings. The highest BCUT2D eigenvalue weighted by atomic mass is 127. The van der Waals surface area contributed by atoms with Gasteiger partial charge in [-0.15, -0.1) is 0 Å². The van der Waals surface area contributed by atoms with Crippen LogP contribution in [0.4, 0.5) is 40.8 Å². The van der Waals surface area contributed by atoms with Crippen molar-refractivity contribution in [1.29, 1.82) is 0 Å². The highest BCUT2D eigenvalue weighted by Crippen LogP contribution is 2.58. The van der Waals surface area contributed by atoms with Gasteiger partial charge in [-0.05, 0) is 36.1 Å². The molecule has 24 heavy (non-hydrogen) atoms. The first kappa shape index (κ1) is 21.2. The molecule has 2 N–H and O–H groups in total. The Morgan fingerprint density at radius 2 is 1.21 bits per heavy atom. The molecule has 1 aromatic rings. The quantitative estimate of drug-likeness (QED) is 0.240. The van der Waals surface area contributed by atoms with Gasteiger partial charge in [0.1, 0.15) is 0 Å². The van der Waals surface area contributed by atoms with Crippen LogP contribution >= 0.6 is 22.6 Å². The molecule has 1 aromatic carbocycles. The Hall–Kier alpha value is -0.810. The summed E-state index contributed by atoms with van der Waals surface area (Å²) in [6.07, 6.45) is 0.153. The van der Waals surface area contributed by atoms with Crippen molar-refractivity contribution in [3.05, 3.63) is 28.8 Å². The van der Waals surface area contributed by atoms with Crippen molar-refractivity contribution in [2.24, 2.45) is 0 Å². The van der Waals surface area contributed by atoms with Gasteiger partial charge in [-0.2, -0.15) is 35.1 Å². The van der Waals surface area contributed by atoms with Crippen LogP contribution in [0.25, 0.3) is 0 Å². The summed E-state index contributed by atoms with van der Waals surface area (Å²) < 4.78 is 103. The molecule has 0 radical (unpaired) electrons. The number of anilines is 1. The second kappa shape index (κ2) is 6.49. The molecule has 138 valence electrons. The largest absolute Gasteiger partial charge is 0.398 e. The molecule has 0 spiro atoms. The lowest BCUT2D eigenvalue weighted by molar-refractivity contribution is -0.347. The van der Waals surface area contributed by atoms with Crippen LogP contribution in [0.2, 0.25) is 0 Å². The normalized spacial score (nSPS) is 14.1. The number of rotatable bonds is 6. The number of hydrogen-bond donors (Lipinski definition) is 1. The molecule has 0 heterocycles. The molecule has 0 bridgehead atoms. The smallest absolute Gasteiger partial charge is 0.387 e. The van der Waals surface area contributed by atoms with Gasteiger partial charge >= 0.3 is 21.7 Å². The molecule has 0 saturated carbocycles. The van der Waals surface area contributed by atoms with E-state index in [1.165, 1.54) is 13.8 Å². The Labute approximate surface area is 146 Å². The zero-order valence-corrected chi connectivity index (χ0v) is 14.7. The molecule has 0 aliphatic rings. The van der Waals surface area contributed by atoms with E-state index in [1.807, 2.05) is 0 Å². The van der Waals surface area contributed by atoms with Gasteiger partial charge in [-0.3, -0.25) is 0 Å². The minimum absolute atomic E-state index is 0.0457. The summed E-state index contributed by atoms with van der Waals surface area (Å²) in [6.45, 7) is 3.00. The standard InChI is InChI=1S/C14H14F8IN/c1-3-7-5-9(6-8(4-2)10(7)24)11(15,16)12(17,18)13(19,20)14(21,22)23/h5-6H,3-4,24H2,1-2H3. The van der Waals surface area contributed by atoms with Crippen molar-refractivity contribution < 1.29 is 35.1 Å². The molecule has 10 heteroatoms. The monoisotopic (exact) mass is 475 g/mol. The number of hydrogen-bond acceptors (Lipinski definition) is 1. The van der Waals surface area contributed by atoms with Crippen LogP contribution in [0.5, 0.6) is 0 Å². The zero-order valence-electron chi connectivity index (χ0n) is 12.5. The van der Waals surface area contributed by atoms with Gasteiger partial charge in [-0.25, -0.2) is 0 Å². The summed E-state index contributed by atoms with van der Waals surface area (Å²) in [5.41, 5.74) is 4.37. The highest BCUT2D eigenvalue weighted by molar-refractivity contribution is 14.1. The van der Waals surface area contributed by atoms with Crippen LogP contribution in [0.15, 0.2) is 12.1 Å². The average molecular weight is 475 g/mol. The first-order chi connectivity index (χ1) is 10.6. The summed E-state index contributed by atoms with van der Waals surface area (Å²) in [5, 5.41) is 0. The Bertz CT molecular complexity index is 584. The minimum Gasteiger partial charge on any atom is -0.398 e. The number of nitrogens with two attached hydrogens (primary N) is 1. The van der Waals surface area contributed by atoms with Crippen molar-refractivity contribution in [3.8, 4) is 0 Å². The van der Waals surface area contributed by atoms with E-state index in [4.69, 9.17) is 5.73 Å². The van der Waals surface area contributed by atoms with Crippen LogP contribution in [0.1, 0.15) is 30.5 Å². The van der Waals surface area contributed by atoms with Crippen LogP contribution < -0.4 is 5.73 Å². The van der Waals surface area contributed by atoms with Crippen molar-refractivity contribution in [1.82, 2.24) is 0 Å². The molecule has 0 atom stereocenters. The summed E-state index contributed by atoms with van der Waals surface area (Å²) in [7, 11) is 0. The molecule has 0 amide bonds. The third-order valence-corrected chi connectivity index (χ3v) is 4.30. The van der Waals surface area contributed by atoms with E-state index >= 15 is 0 Å². The fourth-order valence-electron chi connectivity index (χ4n) is 2.10. The van der Waals surface area contributed by atoms with Crippen molar-refractivity contribution in [2.75, 3.05) is 5.73 Å². The molecule has 1 rings (SSSR count). The molecule has 0 unspecified atom stereocenters. The maximum Gasteiger partial charge on any atom is 0.387 e. The molecular formula is C14H14F8IN. The molecule has 0 aromatic heterocycles. The third kappa shape index (κ3) is 3.17. The predicted octanol–water partition coefficient (Wildman–Crippen LogP) is 5.78. The summed E-state index contributed by atoms with van der Waals surface area (Å²) in [5.74, 6) is -18.1. The fourth-order valence-corrected chi connectivity index (χ4v) is 2.44. The second-order valence-electron chi connectivity index (χ2n) is 5.14. The van der Waals surface area contributed by atoms with Crippen LogP contribution in [0, 0.1) is 0 Å². The van der Waals surface area contributed by atoms with E-state index in [-0.39, 0.29) is 52.2 Å². The predicted molar refractivity (Wildman–Crippen MR) is 82.4 cm³/mol. The van der Waals surface area contributed by atoms with E-state index in [2.05, 4.69) is 0 Å². The Morgan fingerprint density at radius 3 is 1.50 bits per heavy atom. The molecule has 0 aliphatic heterocycles. The number of nitrogen functional groups attached to an aromatic ring is 1. The Kier molecular flexibility index (Phi) is 5.74. The van der Waals surface area contributed by atoms with Gasteiger partial charge in [-0.1, -0.05) is 13.8 Å². The zero-order chi connectivity index (χ0) is 19.1. The number of halogens is 9. The van der Waals surface area contributed by atoms with Gasteiger partial charge in [0.25, 0.3) is 0 Å². The van der Waals surface area contributed by atoms with E-state index in [0.717, 1.165) is 0 Å². The van der Waals surface area contributed by atoms with Crippen LogP contribution in [0.3, 0.4) is 0 Å². The first-order valence-electron chi connectivity index (χ1n) is 6.77. The summed E-state index contributed by atoms with van der Waals surface area (Å²) >= 11 is -0.279. The van der Waals surface area contributed by atoms with Crippen LogP contribution in [-0.4, -0.2) is 15.8 Å². The minimum atomic E-state index is -6.31. The van der Waals surface area contributed by atoms with Crippen LogP contribution in [-0.2, 0) is 18.8 Å². The number of alkyl halides is 9. The molecule has 0 aliphatic carbocycles. The summed E-state index contributed by atoms with van der Waals surface area (Å²) in [4.78, 5) is 0. The lowest BCUT2D eigenvalue weighted by atomic mass is 9.91. The number of benzene rings is 1. The molecule has 0 saturated heterocycles. The van der Waals surface area contributed by atoms with Crippen molar-refractivity contribution >= 4 is 28.3 Å². The van der Waals surface area contributed by atoms with Crippen molar-refractivity contribution in [3.63, 3.8) is 0 Å². The van der Waals surface area contributed by atoms with Gasteiger partial charge in [0.15, 0.2) is 0 Å². The third-order valence-electron chi connectivity index (χ3n) is 3.62. The SMILES string of the molecule is CCc1cc(C(F)(F)C(F)(F)C(F)(F)C(F)(F)I)cc(CC)c1N. The molecular weight excluding hydrogens is 461 g/mol. The maximum absolute atomic E-state index is 14.1. The van der Waals surface area contributed by atoms with Gasteiger partial charge < -0.3 is 5.73 Å². The fraction of sp³-hybridized carbons (Fsp3) is 0.571. The second-order valence-corrected chi connectivity index (χ2v) is 6.49. The van der Waals surface area contributed by atoms with E-state index in [0.29, 0.717) is 12.1 Å². The van der Waals surface area contributed by atoms with E-state index in [1.54, 1.807) is 0 Å². The lowest BCUT2D eigenvalue weighted by Gasteiger charge is -2.35. The molecule has 1 nitrogen and oxygen atoms in total.